The van der Waals surface area contributed by atoms with Gasteiger partial charge in [0.15, 0.2) is 0 Å². The van der Waals surface area contributed by atoms with Gasteiger partial charge in [0.25, 0.3) is 0 Å². The number of carboxylic acids is 1. The van der Waals surface area contributed by atoms with E-state index in [1.807, 2.05) is 77.4 Å². The summed E-state index contributed by atoms with van der Waals surface area (Å²) in [5.41, 5.74) is 7.29. The number of piperidine rings is 1. The summed E-state index contributed by atoms with van der Waals surface area (Å²) in [5, 5.41) is 16.1. The summed E-state index contributed by atoms with van der Waals surface area (Å²) in [6, 6.07) is 32.4. The Bertz CT molecular complexity index is 2060. The minimum absolute atomic E-state index is 0.0134. The number of para-hydroxylation sites is 2. The van der Waals surface area contributed by atoms with Gasteiger partial charge in [0.1, 0.15) is 17.1 Å². The molecule has 0 aliphatic carbocycles. The van der Waals surface area contributed by atoms with Crippen molar-refractivity contribution < 1.29 is 23.1 Å². The predicted molar refractivity (Wildman–Crippen MR) is 174 cm³/mol. The summed E-state index contributed by atoms with van der Waals surface area (Å²) in [7, 11) is 0. The summed E-state index contributed by atoms with van der Waals surface area (Å²) in [6.07, 6.45) is -1.45. The summed E-state index contributed by atoms with van der Waals surface area (Å²) in [4.78, 5) is 36.3. The van der Waals surface area contributed by atoms with Crippen LogP contribution in [0, 0.1) is 0 Å². The normalized spacial score (nSPS) is 14.0. The average Bonchev–Trinajstić information content (AvgIpc) is 3.45. The molecule has 48 heavy (non-hydrogen) atoms. The van der Waals surface area contributed by atoms with Crippen molar-refractivity contribution in [3.8, 4) is 34.0 Å². The Kier molecular flexibility index (Phi) is 9.39. The molecule has 13 heteroatoms. The molecule has 0 saturated carbocycles. The van der Waals surface area contributed by atoms with Crippen LogP contribution in [-0.4, -0.2) is 65.0 Å². The van der Waals surface area contributed by atoms with Gasteiger partial charge >= 0.3 is 17.8 Å². The zero-order chi connectivity index (χ0) is 33.7. The number of aromatic nitrogens is 6. The first-order valence-corrected chi connectivity index (χ1v) is 15.2. The van der Waals surface area contributed by atoms with Gasteiger partial charge in [-0.2, -0.15) is 13.2 Å². The number of aromatic amines is 1. The van der Waals surface area contributed by atoms with Gasteiger partial charge in [-0.15, -0.1) is 10.2 Å². The molecular formula is C35H30F3N7O3. The van der Waals surface area contributed by atoms with Crippen molar-refractivity contribution in [2.45, 2.75) is 31.6 Å². The first-order valence-electron chi connectivity index (χ1n) is 15.2. The predicted octanol–water partition coefficient (Wildman–Crippen LogP) is 6.38. The van der Waals surface area contributed by atoms with Crippen LogP contribution in [0.15, 0.2) is 108 Å². The molecular weight excluding hydrogens is 623 g/mol. The molecule has 3 aromatic heterocycles. The number of halogens is 3. The maximum absolute atomic E-state index is 12.7. The van der Waals surface area contributed by atoms with Crippen LogP contribution >= 0.6 is 0 Å². The first-order chi connectivity index (χ1) is 23.2. The van der Waals surface area contributed by atoms with Crippen molar-refractivity contribution in [3.63, 3.8) is 0 Å². The highest BCUT2D eigenvalue weighted by Gasteiger charge is 2.38. The molecule has 6 aromatic rings. The summed E-state index contributed by atoms with van der Waals surface area (Å²) in [6.45, 7) is 2.75. The number of aliphatic carboxylic acids is 1. The second kappa shape index (κ2) is 14.0. The van der Waals surface area contributed by atoms with Gasteiger partial charge in [0.05, 0.1) is 11.0 Å². The van der Waals surface area contributed by atoms with Gasteiger partial charge in [-0.05, 0) is 42.7 Å². The lowest BCUT2D eigenvalue weighted by atomic mass is 10.0. The highest BCUT2D eigenvalue weighted by Crippen LogP contribution is 2.31. The molecule has 2 N–H and O–H groups in total. The largest absolute Gasteiger partial charge is 0.490 e. The Morgan fingerprint density at radius 2 is 1.48 bits per heavy atom. The van der Waals surface area contributed by atoms with E-state index in [0.717, 1.165) is 66.0 Å². The smallest absolute Gasteiger partial charge is 0.475 e. The average molecular weight is 654 g/mol. The summed E-state index contributed by atoms with van der Waals surface area (Å²) in [5.74, 6) is -2.26. The van der Waals surface area contributed by atoms with E-state index in [-0.39, 0.29) is 11.7 Å². The number of alkyl halides is 3. The lowest BCUT2D eigenvalue weighted by Crippen LogP contribution is -2.36. The number of carboxylic acid groups (broad SMARTS) is 1. The standard InChI is InChI=1S/C33H29N7O.C2HF3O2/c41-33-35-27-10-4-5-12-29(27)40(33)26-17-20-39(21-18-26)22-23-13-15-25(16-14-23)30-31(24-8-2-1-3-9-24)37-38-32(36-30)28-11-6-7-19-34-28;3-2(4,5)1(6)7/h1-16,19,26H,17-18,20-22H2,(H,35,41);(H,6,7). The number of H-pyrrole nitrogens is 1. The third-order valence-corrected chi connectivity index (χ3v) is 8.05. The fraction of sp³-hybridized carbons (Fsp3) is 0.200. The molecule has 0 radical (unpaired) electrons. The zero-order valence-corrected chi connectivity index (χ0v) is 25.5. The van der Waals surface area contributed by atoms with Crippen molar-refractivity contribution in [1.29, 1.82) is 0 Å². The molecule has 0 spiro atoms. The molecule has 0 unspecified atom stereocenters. The molecule has 10 nitrogen and oxygen atoms in total. The molecule has 7 rings (SSSR count). The van der Waals surface area contributed by atoms with Gasteiger partial charge in [0.2, 0.25) is 5.82 Å². The number of nitrogens with zero attached hydrogens (tertiary/aromatic N) is 6. The molecule has 1 aliphatic rings. The van der Waals surface area contributed by atoms with Crippen LogP contribution in [0.4, 0.5) is 13.2 Å². The first kappa shape index (κ1) is 32.3. The number of hydrogen-bond acceptors (Lipinski definition) is 7. The Labute approximate surface area is 272 Å². The highest BCUT2D eigenvalue weighted by atomic mass is 19.4. The second-order valence-electron chi connectivity index (χ2n) is 11.2. The number of carbonyl (C=O) groups is 1. The number of nitrogens with one attached hydrogen (secondary N) is 1. The van der Waals surface area contributed by atoms with Gasteiger partial charge in [-0.25, -0.2) is 14.6 Å². The maximum atomic E-state index is 12.7. The Hall–Kier alpha value is -5.69. The summed E-state index contributed by atoms with van der Waals surface area (Å²) >= 11 is 0. The number of pyridine rings is 1. The van der Waals surface area contributed by atoms with Crippen molar-refractivity contribution in [1.82, 2.24) is 34.6 Å². The van der Waals surface area contributed by atoms with E-state index in [2.05, 4.69) is 49.3 Å². The van der Waals surface area contributed by atoms with E-state index >= 15 is 0 Å². The molecule has 0 amide bonds. The maximum Gasteiger partial charge on any atom is 0.490 e. The van der Waals surface area contributed by atoms with E-state index in [9.17, 15) is 18.0 Å². The minimum Gasteiger partial charge on any atom is -0.475 e. The van der Waals surface area contributed by atoms with Crippen molar-refractivity contribution in [2.75, 3.05) is 13.1 Å². The second-order valence-corrected chi connectivity index (χ2v) is 11.2. The Balaban J connectivity index is 0.000000519. The van der Waals surface area contributed by atoms with Gasteiger partial charge in [-0.3, -0.25) is 14.5 Å². The molecule has 1 saturated heterocycles. The fourth-order valence-corrected chi connectivity index (χ4v) is 5.72. The van der Waals surface area contributed by atoms with Crippen LogP contribution in [-0.2, 0) is 11.3 Å². The van der Waals surface area contributed by atoms with Crippen LogP contribution in [0.2, 0.25) is 0 Å². The van der Waals surface area contributed by atoms with E-state index in [1.54, 1.807) is 6.20 Å². The molecule has 0 atom stereocenters. The van der Waals surface area contributed by atoms with Crippen LogP contribution in [0.5, 0.6) is 0 Å². The lowest BCUT2D eigenvalue weighted by Gasteiger charge is -2.32. The lowest BCUT2D eigenvalue weighted by molar-refractivity contribution is -0.192. The third-order valence-electron chi connectivity index (χ3n) is 8.05. The quantitative estimate of drug-likeness (QED) is 0.212. The molecule has 0 bridgehead atoms. The van der Waals surface area contributed by atoms with Crippen molar-refractivity contribution in [2.24, 2.45) is 0 Å². The fourth-order valence-electron chi connectivity index (χ4n) is 5.72. The van der Waals surface area contributed by atoms with Crippen LogP contribution in [0.1, 0.15) is 24.4 Å². The number of hydrogen-bond donors (Lipinski definition) is 2. The molecule has 4 heterocycles. The van der Waals surface area contributed by atoms with Crippen molar-refractivity contribution >= 4 is 17.0 Å². The van der Waals surface area contributed by atoms with E-state index < -0.39 is 12.1 Å². The van der Waals surface area contributed by atoms with Crippen LogP contribution in [0.3, 0.4) is 0 Å². The summed E-state index contributed by atoms with van der Waals surface area (Å²) < 4.78 is 33.7. The van der Waals surface area contributed by atoms with Gasteiger partial charge in [0, 0.05) is 43.0 Å². The molecule has 3 aromatic carbocycles. The topological polar surface area (TPSA) is 130 Å². The van der Waals surface area contributed by atoms with E-state index in [4.69, 9.17) is 14.9 Å². The number of rotatable bonds is 6. The molecule has 244 valence electrons. The Morgan fingerprint density at radius 1 is 0.833 bits per heavy atom. The number of benzene rings is 3. The monoisotopic (exact) mass is 653 g/mol. The van der Waals surface area contributed by atoms with Crippen LogP contribution < -0.4 is 5.69 Å². The van der Waals surface area contributed by atoms with E-state index in [0.29, 0.717) is 11.5 Å². The van der Waals surface area contributed by atoms with Crippen molar-refractivity contribution in [3.05, 3.63) is 119 Å². The molecule has 1 fully saturated rings. The highest BCUT2D eigenvalue weighted by molar-refractivity contribution is 5.78. The third kappa shape index (κ3) is 7.31. The van der Waals surface area contributed by atoms with Gasteiger partial charge < -0.3 is 10.1 Å². The number of imidazole rings is 1. The molecule has 1 aliphatic heterocycles. The van der Waals surface area contributed by atoms with Gasteiger partial charge in [-0.1, -0.05) is 72.8 Å². The number of fused-ring (bicyclic) bond motifs is 1. The number of likely N-dealkylation sites (tertiary alicyclic amines) is 1. The van der Waals surface area contributed by atoms with E-state index in [1.165, 1.54) is 5.56 Å². The zero-order valence-electron chi connectivity index (χ0n) is 25.5. The minimum atomic E-state index is -5.08. The van der Waals surface area contributed by atoms with Crippen LogP contribution in [0.25, 0.3) is 45.1 Å². The Morgan fingerprint density at radius 3 is 2.15 bits per heavy atom. The SMILES string of the molecule is O=C(O)C(F)(F)F.O=c1[nH]c2ccccc2n1C1CCN(Cc2ccc(-c3nc(-c4ccccn4)nnc3-c3ccccc3)cc2)CC1.